The van der Waals surface area contributed by atoms with Crippen LogP contribution < -0.4 is 10.1 Å². The summed E-state index contributed by atoms with van der Waals surface area (Å²) < 4.78 is 50.4. The Kier molecular flexibility index (Phi) is 8.01. The van der Waals surface area contributed by atoms with Crippen molar-refractivity contribution in [1.82, 2.24) is 5.32 Å². The van der Waals surface area contributed by atoms with Gasteiger partial charge in [-0.15, -0.1) is 0 Å². The lowest BCUT2D eigenvalue weighted by molar-refractivity contribution is -0.192. The average Bonchev–Trinajstić information content (AvgIpc) is 2.70. The van der Waals surface area contributed by atoms with E-state index in [0.717, 1.165) is 31.7 Å². The molecule has 1 fully saturated rings. The highest BCUT2D eigenvalue weighted by Gasteiger charge is 2.38. The quantitative estimate of drug-likeness (QED) is 0.720. The molecule has 29 heavy (non-hydrogen) atoms. The van der Waals surface area contributed by atoms with Crippen LogP contribution in [-0.2, 0) is 4.79 Å². The number of hydrogen-bond acceptors (Lipinski definition) is 3. The maximum atomic E-state index is 13.3. The molecule has 1 aliphatic rings. The summed E-state index contributed by atoms with van der Waals surface area (Å²) in [6, 6.07) is 15.2. The van der Waals surface area contributed by atoms with Crippen molar-refractivity contribution < 1.29 is 32.2 Å². The maximum absolute atomic E-state index is 13.3. The molecule has 0 bridgehead atoms. The number of piperidine rings is 1. The van der Waals surface area contributed by atoms with E-state index in [2.05, 4.69) is 17.4 Å². The summed E-state index contributed by atoms with van der Waals surface area (Å²) in [5.41, 5.74) is 2.43. The summed E-state index contributed by atoms with van der Waals surface area (Å²) >= 11 is 0. The van der Waals surface area contributed by atoms with Crippen LogP contribution in [0.5, 0.6) is 5.75 Å². The first-order valence-corrected chi connectivity index (χ1v) is 9.12. The topological polar surface area (TPSA) is 58.6 Å². The third-order valence-corrected chi connectivity index (χ3v) is 4.78. The standard InChI is InChI=1S/C19H22FNO.C2HF3O2/c1-22-18-4-2-3-16(13-18)19(15-9-11-21-12-10-15)14-5-7-17(20)8-6-14;3-2(4,5)1(6)7/h2-8,13,15,19,21H,9-12H2,1H3;(H,6,7). The molecular formula is C21H23F4NO3. The highest BCUT2D eigenvalue weighted by molar-refractivity contribution is 5.73. The fourth-order valence-corrected chi connectivity index (χ4v) is 3.42. The first-order valence-electron chi connectivity index (χ1n) is 9.12. The summed E-state index contributed by atoms with van der Waals surface area (Å²) in [5, 5.41) is 10.5. The van der Waals surface area contributed by atoms with Gasteiger partial charge < -0.3 is 15.2 Å². The van der Waals surface area contributed by atoms with Crippen LogP contribution in [0.4, 0.5) is 17.6 Å². The molecule has 1 aliphatic heterocycles. The number of carbonyl (C=O) groups is 1. The fourth-order valence-electron chi connectivity index (χ4n) is 3.42. The molecule has 1 atom stereocenters. The summed E-state index contributed by atoms with van der Waals surface area (Å²) in [4.78, 5) is 8.90. The second kappa shape index (κ2) is 10.2. The monoisotopic (exact) mass is 413 g/mol. The highest BCUT2D eigenvalue weighted by Crippen LogP contribution is 2.38. The van der Waals surface area contributed by atoms with Gasteiger partial charge in [0, 0.05) is 5.92 Å². The first kappa shape index (κ1) is 22.7. The van der Waals surface area contributed by atoms with Gasteiger partial charge in [0.2, 0.25) is 0 Å². The molecule has 0 aromatic heterocycles. The Morgan fingerprint density at radius 2 is 1.69 bits per heavy atom. The van der Waals surface area contributed by atoms with Gasteiger partial charge in [0.15, 0.2) is 0 Å². The second-order valence-electron chi connectivity index (χ2n) is 6.70. The van der Waals surface area contributed by atoms with Crippen molar-refractivity contribution in [3.8, 4) is 5.75 Å². The SMILES string of the molecule is COc1cccc(C(c2ccc(F)cc2)C2CCNCC2)c1.O=C(O)C(F)(F)F. The van der Waals surface area contributed by atoms with E-state index in [9.17, 15) is 17.6 Å². The van der Waals surface area contributed by atoms with E-state index in [1.807, 2.05) is 24.3 Å². The van der Waals surface area contributed by atoms with Crippen molar-refractivity contribution in [2.45, 2.75) is 24.9 Å². The van der Waals surface area contributed by atoms with E-state index >= 15 is 0 Å². The number of ether oxygens (including phenoxy) is 1. The van der Waals surface area contributed by atoms with E-state index in [1.54, 1.807) is 19.2 Å². The molecule has 0 amide bonds. The zero-order chi connectivity index (χ0) is 21.4. The largest absolute Gasteiger partial charge is 0.497 e. The van der Waals surface area contributed by atoms with E-state index in [4.69, 9.17) is 14.6 Å². The molecule has 158 valence electrons. The predicted molar refractivity (Wildman–Crippen MR) is 101 cm³/mol. The predicted octanol–water partition coefficient (Wildman–Crippen LogP) is 4.60. The average molecular weight is 413 g/mol. The smallest absolute Gasteiger partial charge is 0.490 e. The van der Waals surface area contributed by atoms with Gasteiger partial charge in [0.05, 0.1) is 7.11 Å². The lowest BCUT2D eigenvalue weighted by Crippen LogP contribution is -2.31. The van der Waals surface area contributed by atoms with Crippen molar-refractivity contribution in [2.24, 2.45) is 5.92 Å². The molecule has 1 heterocycles. The first-order chi connectivity index (χ1) is 13.7. The molecule has 0 radical (unpaired) electrons. The van der Waals surface area contributed by atoms with Crippen molar-refractivity contribution in [2.75, 3.05) is 20.2 Å². The normalized spacial score (nSPS) is 15.8. The molecule has 2 aromatic rings. The van der Waals surface area contributed by atoms with Gasteiger partial charge in [0.25, 0.3) is 0 Å². The van der Waals surface area contributed by atoms with Crippen LogP contribution in [0, 0.1) is 11.7 Å². The van der Waals surface area contributed by atoms with Crippen molar-refractivity contribution >= 4 is 5.97 Å². The minimum atomic E-state index is -5.08. The Morgan fingerprint density at radius 1 is 1.10 bits per heavy atom. The number of rotatable bonds is 4. The van der Waals surface area contributed by atoms with E-state index in [0.29, 0.717) is 5.92 Å². The lowest BCUT2D eigenvalue weighted by Gasteiger charge is -2.31. The number of methoxy groups -OCH3 is 1. The maximum Gasteiger partial charge on any atom is 0.490 e. The summed E-state index contributed by atoms with van der Waals surface area (Å²) in [7, 11) is 1.69. The van der Waals surface area contributed by atoms with Gasteiger partial charge in [-0.05, 0) is 67.2 Å². The van der Waals surface area contributed by atoms with Crippen LogP contribution in [0.25, 0.3) is 0 Å². The van der Waals surface area contributed by atoms with Crippen LogP contribution in [0.1, 0.15) is 29.9 Å². The Bertz CT molecular complexity index is 787. The second-order valence-corrected chi connectivity index (χ2v) is 6.70. The van der Waals surface area contributed by atoms with Gasteiger partial charge in [-0.2, -0.15) is 13.2 Å². The number of benzene rings is 2. The van der Waals surface area contributed by atoms with E-state index in [-0.39, 0.29) is 11.7 Å². The third-order valence-electron chi connectivity index (χ3n) is 4.78. The molecule has 0 spiro atoms. The molecular weight excluding hydrogens is 390 g/mol. The van der Waals surface area contributed by atoms with Crippen molar-refractivity contribution in [3.63, 3.8) is 0 Å². The molecule has 4 nitrogen and oxygen atoms in total. The number of carboxylic acids is 1. The zero-order valence-corrected chi connectivity index (χ0v) is 15.9. The third kappa shape index (κ3) is 6.74. The Balaban J connectivity index is 0.000000370. The van der Waals surface area contributed by atoms with Crippen LogP contribution >= 0.6 is 0 Å². The molecule has 1 saturated heterocycles. The summed E-state index contributed by atoms with van der Waals surface area (Å²) in [6.07, 6.45) is -2.81. The molecule has 2 N–H and O–H groups in total. The molecule has 0 aliphatic carbocycles. The Labute approximate surface area is 166 Å². The minimum absolute atomic E-state index is 0.182. The van der Waals surface area contributed by atoms with Gasteiger partial charge in [-0.1, -0.05) is 24.3 Å². The minimum Gasteiger partial charge on any atom is -0.497 e. The van der Waals surface area contributed by atoms with Gasteiger partial charge in [0.1, 0.15) is 11.6 Å². The summed E-state index contributed by atoms with van der Waals surface area (Å²) in [5.74, 6) is -1.21. The number of carboxylic acid groups (broad SMARTS) is 1. The highest BCUT2D eigenvalue weighted by atomic mass is 19.4. The number of hydrogen-bond donors (Lipinski definition) is 2. The molecule has 1 unspecified atom stereocenters. The van der Waals surface area contributed by atoms with E-state index in [1.165, 1.54) is 11.1 Å². The summed E-state index contributed by atoms with van der Waals surface area (Å²) in [6.45, 7) is 2.10. The van der Waals surface area contributed by atoms with E-state index < -0.39 is 12.1 Å². The Morgan fingerprint density at radius 3 is 2.21 bits per heavy atom. The van der Waals surface area contributed by atoms with Crippen LogP contribution in [0.3, 0.4) is 0 Å². The van der Waals surface area contributed by atoms with Gasteiger partial charge in [-0.25, -0.2) is 9.18 Å². The van der Waals surface area contributed by atoms with Gasteiger partial charge >= 0.3 is 12.1 Å². The fraction of sp³-hybridized carbons (Fsp3) is 0.381. The Hall–Kier alpha value is -2.61. The van der Waals surface area contributed by atoms with Crippen molar-refractivity contribution in [3.05, 3.63) is 65.5 Å². The number of halogens is 4. The van der Waals surface area contributed by atoms with Crippen LogP contribution in [0.15, 0.2) is 48.5 Å². The number of alkyl halides is 3. The lowest BCUT2D eigenvalue weighted by atomic mass is 9.76. The van der Waals surface area contributed by atoms with Crippen molar-refractivity contribution in [1.29, 1.82) is 0 Å². The molecule has 8 heteroatoms. The zero-order valence-electron chi connectivity index (χ0n) is 15.9. The van der Waals surface area contributed by atoms with Crippen LogP contribution in [-0.4, -0.2) is 37.5 Å². The molecule has 0 saturated carbocycles. The number of aliphatic carboxylic acids is 1. The number of nitrogens with one attached hydrogen (secondary N) is 1. The molecule has 3 rings (SSSR count). The van der Waals surface area contributed by atoms with Crippen LogP contribution in [0.2, 0.25) is 0 Å². The van der Waals surface area contributed by atoms with Gasteiger partial charge in [-0.3, -0.25) is 0 Å². The molecule has 2 aromatic carbocycles.